The Morgan fingerprint density at radius 2 is 1.43 bits per heavy atom. The predicted octanol–water partition coefficient (Wildman–Crippen LogP) is 3.42. The molecule has 0 radical (unpaired) electrons. The normalized spacial score (nSPS) is 11.5. The van der Waals surface area contributed by atoms with Crippen LogP contribution in [-0.4, -0.2) is 39.3 Å². The summed E-state index contributed by atoms with van der Waals surface area (Å²) in [6.45, 7) is 1.22. The Kier molecular flexibility index (Phi) is 7.50. The summed E-state index contributed by atoms with van der Waals surface area (Å²) in [6, 6.07) is 23.2. The molecule has 0 bridgehead atoms. The van der Waals surface area contributed by atoms with Crippen LogP contribution in [0.2, 0.25) is 0 Å². The Hall–Kier alpha value is -4.29. The molecule has 0 atom stereocenters. The van der Waals surface area contributed by atoms with Gasteiger partial charge in [0.05, 0.1) is 15.5 Å². The molecule has 3 aromatic carbocycles. The van der Waals surface area contributed by atoms with Crippen LogP contribution in [0.15, 0.2) is 107 Å². The van der Waals surface area contributed by atoms with Crippen LogP contribution in [0.5, 0.6) is 0 Å². The molecule has 1 amide bonds. The summed E-state index contributed by atoms with van der Waals surface area (Å²) in [5.41, 5.74) is 1.22. The van der Waals surface area contributed by atoms with Crippen LogP contribution in [0.1, 0.15) is 5.69 Å². The van der Waals surface area contributed by atoms with Crippen LogP contribution >= 0.6 is 0 Å². The second-order valence-corrected chi connectivity index (χ2v) is 11.4. The Morgan fingerprint density at radius 1 is 0.811 bits per heavy atom. The summed E-state index contributed by atoms with van der Waals surface area (Å²) in [6.07, 6.45) is 1.44. The summed E-state index contributed by atoms with van der Waals surface area (Å²) < 4.78 is 55.2. The molecule has 0 unspecified atom stereocenters. The fraction of sp³-hybridized carbons (Fsp3) is 0.0800. The first kappa shape index (κ1) is 25.8. The summed E-state index contributed by atoms with van der Waals surface area (Å²) >= 11 is 0. The van der Waals surface area contributed by atoms with E-state index in [9.17, 15) is 21.6 Å². The maximum absolute atomic E-state index is 13.3. The number of benzene rings is 3. The predicted molar refractivity (Wildman–Crippen MR) is 140 cm³/mol. The van der Waals surface area contributed by atoms with Gasteiger partial charge in [-0.1, -0.05) is 36.4 Å². The Bertz CT molecular complexity index is 1600. The fourth-order valence-electron chi connectivity index (χ4n) is 3.35. The van der Waals surface area contributed by atoms with Gasteiger partial charge in [0.25, 0.3) is 20.0 Å². The van der Waals surface area contributed by atoms with E-state index in [0.717, 1.165) is 4.31 Å². The molecule has 0 saturated heterocycles. The standard InChI is InChI=1S/C25H23N5O5S2/c1-19-16-17-26-25(27-19)29-36(32,33)22-14-12-20(13-15-22)28-24(31)18-30(21-8-4-2-5-9-21)37(34,35)23-10-6-3-7-11-23/h2-17H,18H2,1H3,(H,28,31)(H,26,27,29). The third kappa shape index (κ3) is 6.29. The summed E-state index contributed by atoms with van der Waals surface area (Å²) in [5, 5.41) is 2.62. The molecule has 0 aliphatic carbocycles. The van der Waals surface area contributed by atoms with Crippen molar-refractivity contribution >= 4 is 43.3 Å². The van der Waals surface area contributed by atoms with Gasteiger partial charge in [-0.3, -0.25) is 9.10 Å². The number of carbonyl (C=O) groups is 1. The number of nitrogens with zero attached hydrogens (tertiary/aromatic N) is 3. The van der Waals surface area contributed by atoms with E-state index in [1.165, 1.54) is 42.6 Å². The zero-order valence-electron chi connectivity index (χ0n) is 19.6. The maximum atomic E-state index is 13.3. The fourth-order valence-corrected chi connectivity index (χ4v) is 5.75. The lowest BCUT2D eigenvalue weighted by atomic mass is 10.3. The van der Waals surface area contributed by atoms with Crippen molar-refractivity contribution in [3.8, 4) is 0 Å². The Morgan fingerprint density at radius 3 is 2.05 bits per heavy atom. The van der Waals surface area contributed by atoms with Gasteiger partial charge in [0.15, 0.2) is 0 Å². The second kappa shape index (κ2) is 10.8. The molecule has 0 aliphatic heterocycles. The smallest absolute Gasteiger partial charge is 0.264 e. The van der Waals surface area contributed by atoms with Crippen molar-refractivity contribution in [3.63, 3.8) is 0 Å². The quantitative estimate of drug-likeness (QED) is 0.334. The van der Waals surface area contributed by atoms with Crippen LogP contribution < -0.4 is 14.3 Å². The molecule has 37 heavy (non-hydrogen) atoms. The lowest BCUT2D eigenvalue weighted by molar-refractivity contribution is -0.114. The van der Waals surface area contributed by atoms with Gasteiger partial charge in [-0.15, -0.1) is 0 Å². The molecular weight excluding hydrogens is 514 g/mol. The van der Waals surface area contributed by atoms with Crippen molar-refractivity contribution in [3.05, 3.63) is 103 Å². The van der Waals surface area contributed by atoms with E-state index >= 15 is 0 Å². The Balaban J connectivity index is 1.50. The van der Waals surface area contributed by atoms with Gasteiger partial charge in [-0.05, 0) is 61.5 Å². The highest BCUT2D eigenvalue weighted by molar-refractivity contribution is 7.93. The number of rotatable bonds is 9. The van der Waals surface area contributed by atoms with E-state index in [0.29, 0.717) is 17.1 Å². The third-order valence-electron chi connectivity index (χ3n) is 5.13. The van der Waals surface area contributed by atoms with Crippen LogP contribution in [0.3, 0.4) is 0 Å². The Labute approximate surface area is 215 Å². The van der Waals surface area contributed by atoms with Crippen LogP contribution in [-0.2, 0) is 24.8 Å². The first-order valence-electron chi connectivity index (χ1n) is 11.0. The van der Waals surface area contributed by atoms with Gasteiger partial charge in [0.1, 0.15) is 6.54 Å². The molecule has 1 heterocycles. The number of para-hydroxylation sites is 1. The number of hydrogen-bond acceptors (Lipinski definition) is 7. The van der Waals surface area contributed by atoms with Crippen molar-refractivity contribution in [2.75, 3.05) is 20.9 Å². The van der Waals surface area contributed by atoms with E-state index in [1.54, 1.807) is 61.5 Å². The molecule has 190 valence electrons. The molecular formula is C25H23N5O5S2. The van der Waals surface area contributed by atoms with Crippen LogP contribution in [0, 0.1) is 6.92 Å². The zero-order valence-corrected chi connectivity index (χ0v) is 21.3. The molecule has 4 aromatic rings. The van der Waals surface area contributed by atoms with Gasteiger partial charge in [0.2, 0.25) is 11.9 Å². The second-order valence-electron chi connectivity index (χ2n) is 7.86. The average Bonchev–Trinajstić information content (AvgIpc) is 2.88. The number of aromatic nitrogens is 2. The average molecular weight is 538 g/mol. The van der Waals surface area contributed by atoms with Crippen molar-refractivity contribution < 1.29 is 21.6 Å². The number of carbonyl (C=O) groups excluding carboxylic acids is 1. The number of hydrogen-bond donors (Lipinski definition) is 2. The molecule has 10 nitrogen and oxygen atoms in total. The largest absolute Gasteiger partial charge is 0.325 e. The van der Waals surface area contributed by atoms with Gasteiger partial charge < -0.3 is 5.32 Å². The van der Waals surface area contributed by atoms with E-state index < -0.39 is 32.5 Å². The number of nitrogens with one attached hydrogen (secondary N) is 2. The molecule has 0 fully saturated rings. The highest BCUT2D eigenvalue weighted by Gasteiger charge is 2.27. The van der Waals surface area contributed by atoms with Crippen LogP contribution in [0.25, 0.3) is 0 Å². The minimum absolute atomic E-state index is 0.0475. The van der Waals surface area contributed by atoms with E-state index in [4.69, 9.17) is 0 Å². The van der Waals surface area contributed by atoms with Crippen molar-refractivity contribution in [2.45, 2.75) is 16.7 Å². The highest BCUT2D eigenvalue weighted by atomic mass is 32.2. The lowest BCUT2D eigenvalue weighted by Gasteiger charge is -2.24. The first-order chi connectivity index (χ1) is 17.6. The summed E-state index contributed by atoms with van der Waals surface area (Å²) in [4.78, 5) is 20.8. The summed E-state index contributed by atoms with van der Waals surface area (Å²) in [7, 11) is -7.98. The molecule has 2 N–H and O–H groups in total. The SMILES string of the molecule is Cc1ccnc(NS(=O)(=O)c2ccc(NC(=O)CN(c3ccccc3)S(=O)(=O)c3ccccc3)cc2)n1. The van der Waals surface area contributed by atoms with Gasteiger partial charge in [-0.2, -0.15) is 0 Å². The molecule has 0 spiro atoms. The molecule has 4 rings (SSSR count). The van der Waals surface area contributed by atoms with E-state index in [2.05, 4.69) is 20.0 Å². The first-order valence-corrected chi connectivity index (χ1v) is 13.9. The number of amides is 1. The minimum atomic E-state index is -4.03. The maximum Gasteiger partial charge on any atom is 0.264 e. The van der Waals surface area contributed by atoms with Gasteiger partial charge in [0, 0.05) is 17.6 Å². The van der Waals surface area contributed by atoms with E-state index in [1.807, 2.05) is 0 Å². The highest BCUT2D eigenvalue weighted by Crippen LogP contribution is 2.24. The van der Waals surface area contributed by atoms with Gasteiger partial charge >= 0.3 is 0 Å². The number of anilines is 3. The van der Waals surface area contributed by atoms with Crippen molar-refractivity contribution in [1.29, 1.82) is 0 Å². The number of aryl methyl sites for hydroxylation is 1. The third-order valence-corrected chi connectivity index (χ3v) is 8.26. The molecule has 1 aromatic heterocycles. The topological polar surface area (TPSA) is 138 Å². The van der Waals surface area contributed by atoms with Crippen LogP contribution in [0.4, 0.5) is 17.3 Å². The van der Waals surface area contributed by atoms with Crippen molar-refractivity contribution in [1.82, 2.24) is 9.97 Å². The minimum Gasteiger partial charge on any atom is -0.325 e. The molecule has 0 aliphatic rings. The van der Waals surface area contributed by atoms with E-state index in [-0.39, 0.29) is 15.7 Å². The zero-order chi connectivity index (χ0) is 26.5. The lowest BCUT2D eigenvalue weighted by Crippen LogP contribution is -2.38. The monoisotopic (exact) mass is 537 g/mol. The van der Waals surface area contributed by atoms with Crippen molar-refractivity contribution in [2.24, 2.45) is 0 Å². The number of sulfonamides is 2. The molecule has 0 saturated carbocycles. The molecule has 12 heteroatoms. The summed E-state index contributed by atoms with van der Waals surface area (Å²) in [5.74, 6) is -0.664. The van der Waals surface area contributed by atoms with Gasteiger partial charge in [-0.25, -0.2) is 31.5 Å².